The highest BCUT2D eigenvalue weighted by Crippen LogP contribution is 2.40. The molecule has 6 heteroatoms. The lowest BCUT2D eigenvalue weighted by molar-refractivity contribution is -0.0338. The molecule has 2 fully saturated rings. The van der Waals surface area contributed by atoms with E-state index in [0.29, 0.717) is 6.42 Å². The Kier molecular flexibility index (Phi) is 3.88. The molecule has 2 aliphatic heterocycles. The van der Waals surface area contributed by atoms with E-state index >= 15 is 0 Å². The van der Waals surface area contributed by atoms with Crippen molar-refractivity contribution in [2.45, 2.75) is 41.2 Å². The minimum atomic E-state index is -3.62. The van der Waals surface area contributed by atoms with Crippen LogP contribution >= 0.6 is 0 Å². The Morgan fingerprint density at radius 3 is 2.54 bits per heavy atom. The summed E-state index contributed by atoms with van der Waals surface area (Å²) < 4.78 is 32.3. The second-order valence-electron chi connectivity index (χ2n) is 6.84. The van der Waals surface area contributed by atoms with Crippen LogP contribution in [-0.4, -0.2) is 38.6 Å². The number of ether oxygens (including phenoxy) is 1. The minimum Gasteiger partial charge on any atom is -0.354 e. The molecule has 24 heavy (non-hydrogen) atoms. The van der Waals surface area contributed by atoms with E-state index in [1.807, 2.05) is 30.3 Å². The molecule has 2 unspecified atom stereocenters. The average Bonchev–Trinajstić information content (AvgIpc) is 2.91. The van der Waals surface area contributed by atoms with E-state index in [2.05, 4.69) is 5.32 Å². The maximum atomic E-state index is 13.1. The van der Waals surface area contributed by atoms with Gasteiger partial charge in [0.05, 0.1) is 10.5 Å². The number of nitrogens with one attached hydrogen (secondary N) is 1. The van der Waals surface area contributed by atoms with E-state index in [-0.39, 0.29) is 10.5 Å². The summed E-state index contributed by atoms with van der Waals surface area (Å²) >= 11 is 0. The zero-order valence-corrected chi connectivity index (χ0v) is 14.3. The summed E-state index contributed by atoms with van der Waals surface area (Å²) in [6.45, 7) is 1.69. The Hall–Kier alpha value is -1.47. The van der Waals surface area contributed by atoms with Gasteiger partial charge in [-0.25, -0.2) is 8.42 Å². The second kappa shape index (κ2) is 5.81. The standard InChI is InChI=1S/C18H22N2O3S/c19-16-12-18(7-9-20-10-8-18)23-17(16)24(21,22)15-6-5-13-3-1-2-4-14(13)11-15/h1-6,11,16-17,20H,7-10,12,19H2. The molecule has 0 radical (unpaired) electrons. The molecule has 4 rings (SSSR count). The fourth-order valence-corrected chi connectivity index (χ4v) is 5.59. The van der Waals surface area contributed by atoms with E-state index < -0.39 is 21.3 Å². The molecule has 1 spiro atoms. The van der Waals surface area contributed by atoms with E-state index in [1.54, 1.807) is 12.1 Å². The first-order valence-corrected chi connectivity index (χ1v) is 9.92. The predicted molar refractivity (Wildman–Crippen MR) is 93.4 cm³/mol. The van der Waals surface area contributed by atoms with Crippen LogP contribution in [0.3, 0.4) is 0 Å². The second-order valence-corrected chi connectivity index (χ2v) is 8.87. The predicted octanol–water partition coefficient (Wildman–Crippen LogP) is 1.81. The molecule has 5 nitrogen and oxygen atoms in total. The molecule has 2 atom stereocenters. The largest absolute Gasteiger partial charge is 0.354 e. The van der Waals surface area contributed by atoms with Crippen LogP contribution in [0.5, 0.6) is 0 Å². The highest BCUT2D eigenvalue weighted by atomic mass is 32.2. The zero-order chi connectivity index (χ0) is 16.8. The van der Waals surface area contributed by atoms with Crippen LogP contribution in [0.15, 0.2) is 47.4 Å². The molecule has 0 amide bonds. The number of sulfone groups is 1. The van der Waals surface area contributed by atoms with Crippen molar-refractivity contribution in [3.05, 3.63) is 42.5 Å². The Balaban J connectivity index is 1.68. The van der Waals surface area contributed by atoms with Crippen molar-refractivity contribution in [3.8, 4) is 0 Å². The number of hydrogen-bond donors (Lipinski definition) is 2. The summed E-state index contributed by atoms with van der Waals surface area (Å²) in [6, 6.07) is 12.4. The Morgan fingerprint density at radius 2 is 1.79 bits per heavy atom. The molecule has 0 bridgehead atoms. The van der Waals surface area contributed by atoms with Gasteiger partial charge in [0, 0.05) is 6.04 Å². The fourth-order valence-electron chi connectivity index (χ4n) is 3.88. The molecule has 2 aliphatic rings. The van der Waals surface area contributed by atoms with E-state index in [4.69, 9.17) is 10.5 Å². The monoisotopic (exact) mass is 346 g/mol. The molecule has 0 saturated carbocycles. The van der Waals surface area contributed by atoms with Crippen LogP contribution in [0.2, 0.25) is 0 Å². The average molecular weight is 346 g/mol. The molecule has 2 aromatic carbocycles. The summed E-state index contributed by atoms with van der Waals surface area (Å²) in [5.74, 6) is 0. The quantitative estimate of drug-likeness (QED) is 0.867. The number of fused-ring (bicyclic) bond motifs is 1. The van der Waals surface area contributed by atoms with Crippen molar-refractivity contribution >= 4 is 20.6 Å². The maximum Gasteiger partial charge on any atom is 0.206 e. The third-order valence-corrected chi connectivity index (χ3v) is 7.16. The van der Waals surface area contributed by atoms with Crippen molar-refractivity contribution < 1.29 is 13.2 Å². The van der Waals surface area contributed by atoms with Gasteiger partial charge in [0.25, 0.3) is 0 Å². The minimum absolute atomic E-state index is 0.285. The van der Waals surface area contributed by atoms with Crippen molar-refractivity contribution in [2.24, 2.45) is 5.73 Å². The van der Waals surface area contributed by atoms with Gasteiger partial charge in [-0.1, -0.05) is 30.3 Å². The zero-order valence-electron chi connectivity index (χ0n) is 13.4. The van der Waals surface area contributed by atoms with Crippen LogP contribution in [-0.2, 0) is 14.6 Å². The first-order chi connectivity index (χ1) is 11.5. The van der Waals surface area contributed by atoms with Gasteiger partial charge in [-0.15, -0.1) is 0 Å². The third-order valence-electron chi connectivity index (χ3n) is 5.19. The summed E-state index contributed by atoms with van der Waals surface area (Å²) in [5.41, 5.74) is 4.85. The van der Waals surface area contributed by atoms with Gasteiger partial charge in [0.1, 0.15) is 0 Å². The van der Waals surface area contributed by atoms with Gasteiger partial charge < -0.3 is 15.8 Å². The SMILES string of the molecule is NC1CC2(CCNCC2)OC1S(=O)(=O)c1ccc2ccccc2c1. The Bertz CT molecular complexity index is 859. The van der Waals surface area contributed by atoms with E-state index in [9.17, 15) is 8.42 Å². The van der Waals surface area contributed by atoms with Crippen molar-refractivity contribution in [1.29, 1.82) is 0 Å². The van der Waals surface area contributed by atoms with E-state index in [0.717, 1.165) is 36.7 Å². The molecule has 0 aliphatic carbocycles. The highest BCUT2D eigenvalue weighted by molar-refractivity contribution is 7.92. The van der Waals surface area contributed by atoms with E-state index in [1.165, 1.54) is 0 Å². The van der Waals surface area contributed by atoms with Crippen molar-refractivity contribution in [1.82, 2.24) is 5.32 Å². The smallest absolute Gasteiger partial charge is 0.206 e. The van der Waals surface area contributed by atoms with Crippen molar-refractivity contribution in [2.75, 3.05) is 13.1 Å². The van der Waals surface area contributed by atoms with Crippen molar-refractivity contribution in [3.63, 3.8) is 0 Å². The Morgan fingerprint density at radius 1 is 1.08 bits per heavy atom. The molecular weight excluding hydrogens is 324 g/mol. The van der Waals surface area contributed by atoms with Gasteiger partial charge in [-0.05, 0) is 55.3 Å². The number of benzene rings is 2. The van der Waals surface area contributed by atoms with Gasteiger partial charge in [0.2, 0.25) is 9.84 Å². The molecule has 2 aromatic rings. The van der Waals surface area contributed by atoms with Gasteiger partial charge in [-0.3, -0.25) is 0 Å². The number of hydrogen-bond acceptors (Lipinski definition) is 5. The van der Waals surface area contributed by atoms with Crippen LogP contribution in [0.4, 0.5) is 0 Å². The Labute approximate surface area is 142 Å². The molecule has 2 heterocycles. The third kappa shape index (κ3) is 2.63. The van der Waals surface area contributed by atoms with Gasteiger partial charge in [0.15, 0.2) is 5.44 Å². The van der Waals surface area contributed by atoms with Gasteiger partial charge >= 0.3 is 0 Å². The topological polar surface area (TPSA) is 81.4 Å². The van der Waals surface area contributed by atoms with Crippen LogP contribution in [0.1, 0.15) is 19.3 Å². The first-order valence-electron chi connectivity index (χ1n) is 8.37. The summed E-state index contributed by atoms with van der Waals surface area (Å²) in [5, 5.41) is 5.21. The van der Waals surface area contributed by atoms with Crippen LogP contribution in [0, 0.1) is 0 Å². The number of rotatable bonds is 2. The molecule has 3 N–H and O–H groups in total. The summed E-state index contributed by atoms with van der Waals surface area (Å²) in [6.07, 6.45) is 2.22. The first kappa shape index (κ1) is 16.0. The maximum absolute atomic E-state index is 13.1. The molecule has 128 valence electrons. The summed E-state index contributed by atoms with van der Waals surface area (Å²) in [4.78, 5) is 0.285. The molecular formula is C18H22N2O3S. The highest BCUT2D eigenvalue weighted by Gasteiger charge is 2.50. The normalized spacial score (nSPS) is 26.9. The van der Waals surface area contributed by atoms with Gasteiger partial charge in [-0.2, -0.15) is 0 Å². The summed E-state index contributed by atoms with van der Waals surface area (Å²) in [7, 11) is -3.62. The lowest BCUT2D eigenvalue weighted by Gasteiger charge is -2.33. The molecule has 2 saturated heterocycles. The number of nitrogens with two attached hydrogens (primary N) is 1. The lowest BCUT2D eigenvalue weighted by Crippen LogP contribution is -2.42. The number of piperidine rings is 1. The van der Waals surface area contributed by atoms with Crippen LogP contribution in [0.25, 0.3) is 10.8 Å². The lowest BCUT2D eigenvalue weighted by atomic mass is 9.88. The molecule has 0 aromatic heterocycles. The van der Waals surface area contributed by atoms with Crippen LogP contribution < -0.4 is 11.1 Å². The fraction of sp³-hybridized carbons (Fsp3) is 0.444.